The molecule has 2 fully saturated rings. The third-order valence-corrected chi connectivity index (χ3v) is 5.26. The molecule has 1 saturated heterocycles. The van der Waals surface area contributed by atoms with Crippen molar-refractivity contribution in [3.63, 3.8) is 0 Å². The molecule has 0 aromatic carbocycles. The molecule has 7 nitrogen and oxygen atoms in total. The number of morpholine rings is 1. The molecule has 1 aliphatic heterocycles. The largest absolute Gasteiger partial charge is 0.379 e. The lowest BCUT2D eigenvalue weighted by molar-refractivity contribution is 0.0182. The summed E-state index contributed by atoms with van der Waals surface area (Å²) in [5.74, 6) is 0.387. The first-order valence-electron chi connectivity index (χ1n) is 9.43. The van der Waals surface area contributed by atoms with E-state index >= 15 is 0 Å². The monoisotopic (exact) mass is 361 g/mol. The number of hydrogen-bond acceptors (Lipinski definition) is 5. The Hall–Kier alpha value is -1.73. The van der Waals surface area contributed by atoms with E-state index < -0.39 is 0 Å². The van der Waals surface area contributed by atoms with Gasteiger partial charge in [0.15, 0.2) is 0 Å². The van der Waals surface area contributed by atoms with E-state index in [2.05, 4.69) is 41.0 Å². The molecule has 2 heterocycles. The molecule has 0 atom stereocenters. The highest BCUT2D eigenvalue weighted by atomic mass is 16.5. The summed E-state index contributed by atoms with van der Waals surface area (Å²) in [7, 11) is 1.82. The first-order valence-corrected chi connectivity index (χ1v) is 9.43. The average molecular weight is 361 g/mol. The highest BCUT2D eigenvalue weighted by Crippen LogP contribution is 2.46. The number of nitrogens with one attached hydrogen (secondary N) is 1. The van der Waals surface area contributed by atoms with Gasteiger partial charge in [-0.2, -0.15) is 0 Å². The van der Waals surface area contributed by atoms with Crippen LogP contribution >= 0.6 is 0 Å². The first kappa shape index (κ1) is 19.0. The van der Waals surface area contributed by atoms with Crippen LogP contribution in [-0.2, 0) is 10.2 Å². The lowest BCUT2D eigenvalue weighted by Gasteiger charge is -2.37. The number of aromatic nitrogens is 2. The molecule has 1 aromatic heterocycles. The van der Waals surface area contributed by atoms with Crippen molar-refractivity contribution in [2.24, 2.45) is 5.41 Å². The highest BCUT2D eigenvalue weighted by Gasteiger charge is 2.40. The molecule has 0 spiro atoms. The van der Waals surface area contributed by atoms with Crippen LogP contribution < -0.4 is 5.32 Å². The second-order valence-electron chi connectivity index (χ2n) is 8.67. The van der Waals surface area contributed by atoms with Crippen LogP contribution in [0.25, 0.3) is 0 Å². The van der Waals surface area contributed by atoms with Crippen LogP contribution in [0.5, 0.6) is 0 Å². The van der Waals surface area contributed by atoms with Gasteiger partial charge < -0.3 is 9.64 Å². The van der Waals surface area contributed by atoms with E-state index in [1.165, 1.54) is 0 Å². The Kier molecular flexibility index (Phi) is 5.48. The van der Waals surface area contributed by atoms with E-state index in [0.29, 0.717) is 12.5 Å². The zero-order valence-corrected chi connectivity index (χ0v) is 16.4. The molecular weight excluding hydrogens is 330 g/mol. The van der Waals surface area contributed by atoms with Gasteiger partial charge in [-0.3, -0.25) is 10.2 Å². The topological polar surface area (TPSA) is 70.6 Å². The summed E-state index contributed by atoms with van der Waals surface area (Å²) in [5, 5.41) is 2.84. The molecule has 0 unspecified atom stereocenters. The second kappa shape index (κ2) is 7.48. The maximum absolute atomic E-state index is 12.6. The van der Waals surface area contributed by atoms with Gasteiger partial charge >= 0.3 is 6.03 Å². The van der Waals surface area contributed by atoms with Crippen LogP contribution in [0.1, 0.15) is 39.3 Å². The molecule has 1 saturated carbocycles. The van der Waals surface area contributed by atoms with Gasteiger partial charge in [-0.05, 0) is 24.3 Å². The van der Waals surface area contributed by atoms with Gasteiger partial charge in [0.2, 0.25) is 5.95 Å². The summed E-state index contributed by atoms with van der Waals surface area (Å²) in [6.07, 6.45) is 4.02. The minimum atomic E-state index is -0.168. The highest BCUT2D eigenvalue weighted by molar-refractivity contribution is 5.87. The number of ether oxygens (including phenoxy) is 1. The van der Waals surface area contributed by atoms with Crippen molar-refractivity contribution in [2.45, 2.75) is 39.0 Å². The van der Waals surface area contributed by atoms with E-state index in [9.17, 15) is 4.79 Å². The molecule has 0 radical (unpaired) electrons. The van der Waals surface area contributed by atoms with Crippen LogP contribution in [0.4, 0.5) is 10.7 Å². The van der Waals surface area contributed by atoms with Crippen molar-refractivity contribution < 1.29 is 9.53 Å². The molecule has 1 aliphatic carbocycles. The van der Waals surface area contributed by atoms with Gasteiger partial charge in [-0.15, -0.1) is 0 Å². The van der Waals surface area contributed by atoms with Crippen molar-refractivity contribution in [3.8, 4) is 0 Å². The number of rotatable bonds is 6. The van der Waals surface area contributed by atoms with Crippen LogP contribution in [0.15, 0.2) is 12.3 Å². The Morgan fingerprint density at radius 2 is 2.08 bits per heavy atom. The predicted molar refractivity (Wildman–Crippen MR) is 101 cm³/mol. The fraction of sp³-hybridized carbons (Fsp3) is 0.737. The van der Waals surface area contributed by atoms with Crippen LogP contribution in [0.3, 0.4) is 0 Å². The fourth-order valence-electron chi connectivity index (χ4n) is 3.52. The quantitative estimate of drug-likeness (QED) is 0.842. The number of amides is 2. The number of carbonyl (C=O) groups excluding carboxylic acids is 1. The zero-order chi connectivity index (χ0) is 18.8. The molecule has 7 heteroatoms. The summed E-state index contributed by atoms with van der Waals surface area (Å²) in [6, 6.07) is 1.77. The van der Waals surface area contributed by atoms with Crippen molar-refractivity contribution >= 4 is 12.0 Å². The molecule has 1 N–H and O–H groups in total. The van der Waals surface area contributed by atoms with Crippen LogP contribution in [-0.4, -0.2) is 72.2 Å². The Morgan fingerprint density at radius 3 is 2.73 bits per heavy atom. The Morgan fingerprint density at radius 1 is 1.38 bits per heavy atom. The number of carbonyl (C=O) groups is 1. The summed E-state index contributed by atoms with van der Waals surface area (Å²) < 4.78 is 5.41. The third kappa shape index (κ3) is 4.92. The van der Waals surface area contributed by atoms with Crippen LogP contribution in [0.2, 0.25) is 0 Å². The van der Waals surface area contributed by atoms with Gasteiger partial charge in [0.1, 0.15) is 0 Å². The zero-order valence-electron chi connectivity index (χ0n) is 16.4. The van der Waals surface area contributed by atoms with Gasteiger partial charge in [0.25, 0.3) is 0 Å². The van der Waals surface area contributed by atoms with E-state index in [1.54, 1.807) is 11.1 Å². The number of hydrogen-bond donors (Lipinski definition) is 1. The van der Waals surface area contributed by atoms with Crippen molar-refractivity contribution in [1.29, 1.82) is 0 Å². The normalized spacial score (nSPS) is 19.8. The van der Waals surface area contributed by atoms with Crippen molar-refractivity contribution in [2.75, 3.05) is 51.8 Å². The van der Waals surface area contributed by atoms with Crippen LogP contribution in [0, 0.1) is 5.41 Å². The molecule has 2 aliphatic rings. The number of nitrogens with zero attached hydrogens (tertiary/aromatic N) is 4. The standard InChI is InChI=1S/C19H31N5O2/c1-18(2,14-24-9-11-26-12-10-24)13-23(4)17(25)22-16-20-8-5-15(21-16)19(3)6-7-19/h5,8H,6-7,9-14H2,1-4H3,(H,20,21,22,25). The predicted octanol–water partition coefficient (Wildman–Crippen LogP) is 2.35. The Labute approximate surface area is 156 Å². The van der Waals surface area contributed by atoms with Crippen molar-refractivity contribution in [3.05, 3.63) is 18.0 Å². The van der Waals surface area contributed by atoms with E-state index in [1.807, 2.05) is 13.1 Å². The molecule has 144 valence electrons. The fourth-order valence-corrected chi connectivity index (χ4v) is 3.52. The third-order valence-electron chi connectivity index (χ3n) is 5.26. The van der Waals surface area contributed by atoms with E-state index in [4.69, 9.17) is 4.74 Å². The van der Waals surface area contributed by atoms with Gasteiger partial charge in [0, 0.05) is 44.8 Å². The number of anilines is 1. The summed E-state index contributed by atoms with van der Waals surface area (Å²) in [5.41, 5.74) is 1.17. The van der Waals surface area contributed by atoms with E-state index in [0.717, 1.165) is 51.4 Å². The average Bonchev–Trinajstić information content (AvgIpc) is 3.34. The number of urea groups is 1. The lowest BCUT2D eigenvalue weighted by Crippen LogP contribution is -2.47. The minimum Gasteiger partial charge on any atom is -0.379 e. The van der Waals surface area contributed by atoms with Gasteiger partial charge in [-0.1, -0.05) is 20.8 Å². The van der Waals surface area contributed by atoms with Crippen molar-refractivity contribution in [1.82, 2.24) is 19.8 Å². The molecule has 0 bridgehead atoms. The summed E-state index contributed by atoms with van der Waals surface area (Å²) >= 11 is 0. The molecule has 2 amide bonds. The molecular formula is C19H31N5O2. The maximum Gasteiger partial charge on any atom is 0.323 e. The smallest absolute Gasteiger partial charge is 0.323 e. The SMILES string of the molecule is CN(CC(C)(C)CN1CCOCC1)C(=O)Nc1nccc(C2(C)CC2)n1. The molecule has 3 rings (SSSR count). The second-order valence-corrected chi connectivity index (χ2v) is 8.67. The minimum absolute atomic E-state index is 0.00632. The maximum atomic E-state index is 12.6. The Bertz CT molecular complexity index is 639. The van der Waals surface area contributed by atoms with E-state index in [-0.39, 0.29) is 16.9 Å². The lowest BCUT2D eigenvalue weighted by atomic mass is 9.92. The summed E-state index contributed by atoms with van der Waals surface area (Å²) in [6.45, 7) is 11.7. The molecule has 26 heavy (non-hydrogen) atoms. The summed E-state index contributed by atoms with van der Waals surface area (Å²) in [4.78, 5) is 25.4. The van der Waals surface area contributed by atoms with Gasteiger partial charge in [0.05, 0.1) is 18.9 Å². The Balaban J connectivity index is 1.54. The first-order chi connectivity index (χ1) is 12.3. The molecule has 1 aromatic rings. The van der Waals surface area contributed by atoms with Gasteiger partial charge in [-0.25, -0.2) is 14.8 Å².